The summed E-state index contributed by atoms with van der Waals surface area (Å²) in [7, 11) is 0. The Hall–Kier alpha value is -2.82. The normalized spacial score (nSPS) is 11.6. The van der Waals surface area contributed by atoms with Gasteiger partial charge in [0.2, 0.25) is 5.91 Å². The number of hydrogen-bond donors (Lipinski definition) is 2. The Morgan fingerprint density at radius 3 is 2.34 bits per heavy atom. The van der Waals surface area contributed by atoms with Gasteiger partial charge in [-0.25, -0.2) is 0 Å². The summed E-state index contributed by atoms with van der Waals surface area (Å²) < 4.78 is 0. The molecule has 6 heteroatoms. The summed E-state index contributed by atoms with van der Waals surface area (Å²) in [6.07, 6.45) is 0.336. The lowest BCUT2D eigenvalue weighted by atomic mass is 10.0. The van der Waals surface area contributed by atoms with Crippen LogP contribution in [0.1, 0.15) is 21.5 Å². The third kappa shape index (κ3) is 5.59. The van der Waals surface area contributed by atoms with Gasteiger partial charge < -0.3 is 10.6 Å². The minimum absolute atomic E-state index is 0.318. The van der Waals surface area contributed by atoms with Gasteiger partial charge in [0, 0.05) is 17.1 Å². The van der Waals surface area contributed by atoms with E-state index in [1.54, 1.807) is 36.4 Å². The van der Waals surface area contributed by atoms with Crippen LogP contribution in [0.15, 0.2) is 72.8 Å². The van der Waals surface area contributed by atoms with E-state index in [4.69, 9.17) is 23.2 Å². The molecule has 2 amide bonds. The fraction of sp³-hybridized carbons (Fsp3) is 0.130. The predicted octanol–water partition coefficient (Wildman–Crippen LogP) is 5.28. The number of carbonyl (C=O) groups is 2. The lowest BCUT2D eigenvalue weighted by molar-refractivity contribution is -0.118. The Kier molecular flexibility index (Phi) is 6.91. The smallest absolute Gasteiger partial charge is 0.253 e. The first-order valence-corrected chi connectivity index (χ1v) is 9.86. The Morgan fingerprint density at radius 1 is 0.931 bits per heavy atom. The van der Waals surface area contributed by atoms with E-state index in [1.165, 1.54) is 0 Å². The van der Waals surface area contributed by atoms with Crippen LogP contribution in [-0.4, -0.2) is 17.9 Å². The molecule has 29 heavy (non-hydrogen) atoms. The summed E-state index contributed by atoms with van der Waals surface area (Å²) in [5.74, 6) is -0.742. The van der Waals surface area contributed by atoms with E-state index in [0.717, 1.165) is 11.1 Å². The summed E-state index contributed by atoms with van der Waals surface area (Å²) in [6.45, 7) is 1.88. The number of rotatable bonds is 6. The first-order valence-electron chi connectivity index (χ1n) is 9.10. The van der Waals surface area contributed by atoms with Crippen LogP contribution in [0.3, 0.4) is 0 Å². The summed E-state index contributed by atoms with van der Waals surface area (Å²) in [5.41, 5.74) is 2.72. The van der Waals surface area contributed by atoms with Gasteiger partial charge in [0.05, 0.1) is 10.6 Å². The Bertz CT molecular complexity index is 1020. The second-order valence-corrected chi connectivity index (χ2v) is 7.49. The van der Waals surface area contributed by atoms with Crippen molar-refractivity contribution in [2.24, 2.45) is 0 Å². The third-order valence-electron chi connectivity index (χ3n) is 4.48. The van der Waals surface area contributed by atoms with Crippen LogP contribution in [-0.2, 0) is 11.2 Å². The first kappa shape index (κ1) is 20.9. The van der Waals surface area contributed by atoms with Crippen molar-refractivity contribution in [1.29, 1.82) is 0 Å². The van der Waals surface area contributed by atoms with Crippen molar-refractivity contribution in [3.63, 3.8) is 0 Å². The molecule has 0 saturated carbocycles. The second kappa shape index (κ2) is 9.59. The number of carbonyl (C=O) groups excluding carboxylic acids is 2. The van der Waals surface area contributed by atoms with Gasteiger partial charge in [0.15, 0.2) is 0 Å². The van der Waals surface area contributed by atoms with Crippen LogP contribution >= 0.6 is 23.2 Å². The quantitative estimate of drug-likeness (QED) is 0.562. The molecule has 148 valence electrons. The van der Waals surface area contributed by atoms with Crippen molar-refractivity contribution in [3.8, 4) is 0 Å². The Morgan fingerprint density at radius 2 is 1.62 bits per heavy atom. The number of nitrogens with one attached hydrogen (secondary N) is 2. The van der Waals surface area contributed by atoms with Crippen molar-refractivity contribution in [2.75, 3.05) is 5.32 Å². The molecule has 0 aromatic heterocycles. The van der Waals surface area contributed by atoms with E-state index in [1.807, 2.05) is 43.3 Å². The van der Waals surface area contributed by atoms with Crippen LogP contribution in [0.25, 0.3) is 0 Å². The van der Waals surface area contributed by atoms with E-state index >= 15 is 0 Å². The molecule has 1 atom stereocenters. The highest BCUT2D eigenvalue weighted by Crippen LogP contribution is 2.21. The maximum Gasteiger partial charge on any atom is 0.253 e. The van der Waals surface area contributed by atoms with Gasteiger partial charge in [0.25, 0.3) is 5.91 Å². The van der Waals surface area contributed by atoms with Gasteiger partial charge in [-0.1, -0.05) is 71.7 Å². The van der Waals surface area contributed by atoms with E-state index in [2.05, 4.69) is 10.6 Å². The standard InChI is InChI=1S/C23H20Cl2N2O2/c1-15-11-12-17(24)14-20(15)26-23(29)21(13-16-7-3-2-4-8-16)27-22(28)18-9-5-6-10-19(18)25/h2-12,14,21H,13H2,1H3,(H,26,29)(H,27,28). The molecule has 1 unspecified atom stereocenters. The van der Waals surface area contributed by atoms with Crippen LogP contribution in [0.5, 0.6) is 0 Å². The van der Waals surface area contributed by atoms with Gasteiger partial charge >= 0.3 is 0 Å². The SMILES string of the molecule is Cc1ccc(Cl)cc1NC(=O)C(Cc1ccccc1)NC(=O)c1ccccc1Cl. The molecular formula is C23H20Cl2N2O2. The van der Waals surface area contributed by atoms with Crippen LogP contribution in [0.4, 0.5) is 5.69 Å². The predicted molar refractivity (Wildman–Crippen MR) is 118 cm³/mol. The van der Waals surface area contributed by atoms with E-state index in [-0.39, 0.29) is 5.91 Å². The molecule has 0 aliphatic rings. The summed E-state index contributed by atoms with van der Waals surface area (Å²) >= 11 is 12.2. The molecular weight excluding hydrogens is 407 g/mol. The average molecular weight is 427 g/mol. The van der Waals surface area contributed by atoms with Crippen molar-refractivity contribution >= 4 is 40.7 Å². The molecule has 3 aromatic rings. The highest BCUT2D eigenvalue weighted by Gasteiger charge is 2.23. The van der Waals surface area contributed by atoms with Crippen molar-refractivity contribution in [2.45, 2.75) is 19.4 Å². The van der Waals surface area contributed by atoms with Gasteiger partial charge in [-0.2, -0.15) is 0 Å². The Labute approximate surface area is 179 Å². The van der Waals surface area contributed by atoms with Gasteiger partial charge in [-0.05, 0) is 42.3 Å². The van der Waals surface area contributed by atoms with Crippen LogP contribution in [0, 0.1) is 6.92 Å². The highest BCUT2D eigenvalue weighted by molar-refractivity contribution is 6.34. The van der Waals surface area contributed by atoms with E-state index < -0.39 is 11.9 Å². The summed E-state index contributed by atoms with van der Waals surface area (Å²) in [6, 6.07) is 20.7. The van der Waals surface area contributed by atoms with Gasteiger partial charge in [-0.15, -0.1) is 0 Å². The molecule has 0 saturated heterocycles. The second-order valence-electron chi connectivity index (χ2n) is 6.64. The minimum Gasteiger partial charge on any atom is -0.340 e. The van der Waals surface area contributed by atoms with Crippen molar-refractivity contribution < 1.29 is 9.59 Å². The van der Waals surface area contributed by atoms with Crippen molar-refractivity contribution in [3.05, 3.63) is 99.5 Å². The van der Waals surface area contributed by atoms with Gasteiger partial charge in [-0.3, -0.25) is 9.59 Å². The highest BCUT2D eigenvalue weighted by atomic mass is 35.5. The number of amides is 2. The molecule has 3 rings (SSSR count). The molecule has 4 nitrogen and oxygen atoms in total. The third-order valence-corrected chi connectivity index (χ3v) is 5.05. The zero-order valence-electron chi connectivity index (χ0n) is 15.8. The van der Waals surface area contributed by atoms with Crippen LogP contribution in [0.2, 0.25) is 10.0 Å². The molecule has 0 radical (unpaired) electrons. The lowest BCUT2D eigenvalue weighted by Gasteiger charge is -2.20. The summed E-state index contributed by atoms with van der Waals surface area (Å²) in [4.78, 5) is 25.8. The fourth-order valence-corrected chi connectivity index (χ4v) is 3.28. The monoisotopic (exact) mass is 426 g/mol. The van der Waals surface area contributed by atoms with Gasteiger partial charge in [0.1, 0.15) is 6.04 Å². The molecule has 0 aliphatic carbocycles. The topological polar surface area (TPSA) is 58.2 Å². The number of hydrogen-bond acceptors (Lipinski definition) is 2. The fourth-order valence-electron chi connectivity index (χ4n) is 2.89. The average Bonchev–Trinajstić information content (AvgIpc) is 2.71. The lowest BCUT2D eigenvalue weighted by Crippen LogP contribution is -2.45. The molecule has 0 aliphatic heterocycles. The molecule has 0 fully saturated rings. The zero-order chi connectivity index (χ0) is 20.8. The molecule has 3 aromatic carbocycles. The summed E-state index contributed by atoms with van der Waals surface area (Å²) in [5, 5.41) is 6.53. The Balaban J connectivity index is 1.84. The number of benzene rings is 3. The largest absolute Gasteiger partial charge is 0.340 e. The molecule has 2 N–H and O–H groups in total. The number of halogens is 2. The van der Waals surface area contributed by atoms with E-state index in [9.17, 15) is 9.59 Å². The zero-order valence-corrected chi connectivity index (χ0v) is 17.3. The van der Waals surface area contributed by atoms with E-state index in [0.29, 0.717) is 27.7 Å². The molecule has 0 bridgehead atoms. The number of anilines is 1. The molecule has 0 heterocycles. The molecule has 0 spiro atoms. The van der Waals surface area contributed by atoms with Crippen LogP contribution < -0.4 is 10.6 Å². The maximum atomic E-state index is 13.0. The minimum atomic E-state index is -0.792. The first-order chi connectivity index (χ1) is 13.9. The van der Waals surface area contributed by atoms with Crippen molar-refractivity contribution in [1.82, 2.24) is 5.32 Å². The number of aryl methyl sites for hydroxylation is 1. The maximum absolute atomic E-state index is 13.0.